The Kier molecular flexibility index (Phi) is 11.8. The first-order valence-electron chi connectivity index (χ1n) is 44.5. The van der Waals surface area contributed by atoms with Crippen molar-refractivity contribution >= 4 is 101 Å². The molecule has 5 heteroatoms. The van der Waals surface area contributed by atoms with Crippen molar-refractivity contribution in [3.05, 3.63) is 356 Å². The number of anilines is 6. The van der Waals surface area contributed by atoms with Crippen molar-refractivity contribution in [3.63, 3.8) is 0 Å². The lowest BCUT2D eigenvalue weighted by Crippen LogP contribution is -2.61. The second-order valence-electron chi connectivity index (χ2n) is 31.3. The van der Waals surface area contributed by atoms with Gasteiger partial charge in [0.05, 0.1) is 55.4 Å². The van der Waals surface area contributed by atoms with Crippen LogP contribution in [0.2, 0.25) is 0 Å². The molecule has 17 aromatic rings. The fourth-order valence-corrected chi connectivity index (χ4v) is 16.3. The van der Waals surface area contributed by atoms with E-state index in [0.29, 0.717) is 22.7 Å². The third-order valence-corrected chi connectivity index (χ3v) is 21.6. The summed E-state index contributed by atoms with van der Waals surface area (Å²) in [5, 5.41) is -0.296. The Balaban J connectivity index is 1.03. The molecule has 0 saturated carbocycles. The molecule has 0 radical (unpaired) electrons. The maximum atomic E-state index is 9.94. The van der Waals surface area contributed by atoms with Gasteiger partial charge in [-0.05, 0) is 167 Å². The monoisotopic (exact) mass is 1390 g/mol. The summed E-state index contributed by atoms with van der Waals surface area (Å²) in [4.78, 5) is 4.70. The van der Waals surface area contributed by atoms with Gasteiger partial charge in [-0.2, -0.15) is 0 Å². The van der Waals surface area contributed by atoms with Crippen LogP contribution >= 0.6 is 0 Å². The van der Waals surface area contributed by atoms with E-state index in [-0.39, 0.29) is 54.4 Å². The fourth-order valence-electron chi connectivity index (χ4n) is 16.3. The summed E-state index contributed by atoms with van der Waals surface area (Å²) in [5.41, 5.74) is 19.5. The second-order valence-corrected chi connectivity index (χ2v) is 31.3. The average Bonchev–Trinajstić information content (AvgIpc) is 1.62. The van der Waals surface area contributed by atoms with Crippen molar-refractivity contribution in [2.45, 2.75) is 78.6 Å². The Bertz CT molecular complexity index is 6810. The van der Waals surface area contributed by atoms with E-state index < -0.39 is 109 Å². The lowest BCUT2D eigenvalue weighted by atomic mass is 9.33. The van der Waals surface area contributed by atoms with Crippen molar-refractivity contribution in [2.24, 2.45) is 0 Å². The van der Waals surface area contributed by atoms with Crippen molar-refractivity contribution < 1.29 is 21.9 Å². The summed E-state index contributed by atoms with van der Waals surface area (Å²) in [6, 6.07) is 75.8. The highest BCUT2D eigenvalue weighted by Gasteiger charge is 2.46. The normalized spacial score (nSPS) is 14.9. The molecular weight excluding hydrogens is 1290 g/mol. The van der Waals surface area contributed by atoms with E-state index in [1.807, 2.05) is 109 Å². The van der Waals surface area contributed by atoms with E-state index in [9.17, 15) is 16.4 Å². The summed E-state index contributed by atoms with van der Waals surface area (Å²) < 4.78 is 156. The van der Waals surface area contributed by atoms with E-state index in [0.717, 1.165) is 123 Å². The highest BCUT2D eigenvalue weighted by molar-refractivity contribution is 7.00. The van der Waals surface area contributed by atoms with Gasteiger partial charge in [-0.1, -0.05) is 329 Å². The molecule has 0 spiro atoms. The van der Waals surface area contributed by atoms with Crippen molar-refractivity contribution in [2.75, 3.05) is 9.80 Å². The highest BCUT2D eigenvalue weighted by Crippen LogP contribution is 2.55. The SMILES string of the molecule is [2H]c1c([2H])c([2H])c2c(c1[2H])c1c([2H])c([2H])c([2H])c([2H])c1n2-c1ccc2c(c1)N(c1c(-c3ccccc3)cccc1-c1cc(-c3ccccc3)cc(C(C)(C)C)c1)c1cc(C(C)(C)C)cc3c1B2c1ccc(-n2c4c([2H])c([2H])c([2H])c([2H])c4c4c([2H])c([2H])c([2H])c([2H])c42)cc1N3c1c(-c2ccccc2)cccc1-c1cc(-c2ccccc2)cc(C(C)(C)C)c1. The standard InChI is InChI=1S/C102H83BN4/c1-100(2,3)74-58-70(66-32-14-10-15-33-66)56-72(60-74)81-46-30-44-79(68-36-18-12-19-37-68)98(81)106-93-64-77(104-89-48-26-22-40-83(89)84-41-23-27-49-90(84)104)52-54-87(93)103-88-55-53-78(105-91-50-28-24-42-85(91)86-43-25-29-51-92(86)105)65-94(88)107(96-63-76(102(7,8)9)62-95(106)97(96)103)99-80(69-38-20-13-21-39-69)45-31-47-82(99)73-57-71(67-34-16-11-17-35-67)59-75(61-73)101(4,5)6/h10-65H,1-9H3/i22D,23D,24D,25D,26D,27D,28D,29D,40D,41D,42D,43D,48D,49D,50D,51D. The van der Waals surface area contributed by atoms with Crippen LogP contribution in [0.25, 0.3) is 122 Å². The van der Waals surface area contributed by atoms with Gasteiger partial charge in [-0.15, -0.1) is 0 Å². The van der Waals surface area contributed by atoms with Crippen molar-refractivity contribution in [1.82, 2.24) is 9.13 Å². The minimum absolute atomic E-state index is 0.0522. The Morgan fingerprint density at radius 3 is 0.897 bits per heavy atom. The number of nitrogens with zero attached hydrogens (tertiary/aromatic N) is 4. The quantitative estimate of drug-likeness (QED) is 0.127. The minimum atomic E-state index is -0.785. The maximum Gasteiger partial charge on any atom is 0.252 e. The highest BCUT2D eigenvalue weighted by atomic mass is 15.2. The zero-order valence-electron chi connectivity index (χ0n) is 77.0. The fraction of sp³-hybridized carbons (Fsp3) is 0.118. The first-order valence-corrected chi connectivity index (χ1v) is 36.5. The number of para-hydroxylation sites is 6. The van der Waals surface area contributed by atoms with E-state index in [2.05, 4.69) is 206 Å². The molecule has 2 aliphatic rings. The molecule has 0 fully saturated rings. The van der Waals surface area contributed by atoms with Gasteiger partial charge in [0.15, 0.2) is 0 Å². The largest absolute Gasteiger partial charge is 0.310 e. The molecule has 0 saturated heterocycles. The molecule has 0 amide bonds. The van der Waals surface area contributed by atoms with Crippen LogP contribution in [0.1, 0.15) is 101 Å². The molecule has 4 heterocycles. The molecule has 15 aromatic carbocycles. The molecule has 2 aromatic heterocycles. The van der Waals surface area contributed by atoms with Crippen LogP contribution in [0.5, 0.6) is 0 Å². The van der Waals surface area contributed by atoms with Crippen LogP contribution in [0.4, 0.5) is 34.1 Å². The molecule has 0 aliphatic carbocycles. The summed E-state index contributed by atoms with van der Waals surface area (Å²) >= 11 is 0. The summed E-state index contributed by atoms with van der Waals surface area (Å²) in [6.07, 6.45) is 0. The van der Waals surface area contributed by atoms with Gasteiger partial charge >= 0.3 is 0 Å². The lowest BCUT2D eigenvalue weighted by molar-refractivity contribution is 0.590. The summed E-state index contributed by atoms with van der Waals surface area (Å²) in [7, 11) is 0. The van der Waals surface area contributed by atoms with Crippen molar-refractivity contribution in [3.8, 4) is 78.1 Å². The van der Waals surface area contributed by atoms with E-state index in [1.54, 1.807) is 9.13 Å². The number of hydrogen-bond donors (Lipinski definition) is 0. The zero-order valence-corrected chi connectivity index (χ0v) is 61.0. The molecule has 19 rings (SSSR count). The van der Waals surface area contributed by atoms with E-state index >= 15 is 0 Å². The molecule has 4 nitrogen and oxygen atoms in total. The third kappa shape index (κ3) is 11.0. The molecule has 2 aliphatic heterocycles. The van der Waals surface area contributed by atoms with Gasteiger partial charge in [0.25, 0.3) is 6.71 Å². The Labute approximate surface area is 651 Å². The second kappa shape index (κ2) is 25.1. The Morgan fingerprint density at radius 1 is 0.262 bits per heavy atom. The van der Waals surface area contributed by atoms with Gasteiger partial charge in [0.1, 0.15) is 0 Å². The maximum absolute atomic E-state index is 9.94. The van der Waals surface area contributed by atoms with Crippen LogP contribution in [0.15, 0.2) is 339 Å². The van der Waals surface area contributed by atoms with Gasteiger partial charge < -0.3 is 18.9 Å². The number of benzene rings is 15. The molecule has 0 bridgehead atoms. The number of rotatable bonds is 10. The number of hydrogen-bond acceptors (Lipinski definition) is 2. The first-order chi connectivity index (χ1) is 58.6. The molecular formula is C102H83BN4. The van der Waals surface area contributed by atoms with Crippen molar-refractivity contribution in [1.29, 1.82) is 0 Å². The molecule has 107 heavy (non-hydrogen) atoms. The molecule has 0 atom stereocenters. The van der Waals surface area contributed by atoms with Crippen LogP contribution in [-0.4, -0.2) is 15.8 Å². The number of fused-ring (bicyclic) bond motifs is 10. The third-order valence-electron chi connectivity index (χ3n) is 21.6. The average molecular weight is 1390 g/mol. The van der Waals surface area contributed by atoms with E-state index in [1.165, 1.54) is 0 Å². The molecule has 514 valence electrons. The predicted octanol–water partition coefficient (Wildman–Crippen LogP) is 25.9. The van der Waals surface area contributed by atoms with E-state index in [4.69, 9.17) is 5.48 Å². The lowest BCUT2D eigenvalue weighted by Gasteiger charge is -2.46. The van der Waals surface area contributed by atoms with Gasteiger partial charge in [0, 0.05) is 77.9 Å². The first kappa shape index (κ1) is 50.1. The van der Waals surface area contributed by atoms with Crippen LogP contribution < -0.4 is 26.2 Å². The van der Waals surface area contributed by atoms with Gasteiger partial charge in [-0.25, -0.2) is 0 Å². The summed E-state index contributed by atoms with van der Waals surface area (Å²) in [6.45, 7) is 19.1. The molecule has 0 unspecified atom stereocenters. The van der Waals surface area contributed by atoms with Gasteiger partial charge in [-0.3, -0.25) is 0 Å². The van der Waals surface area contributed by atoms with Crippen LogP contribution in [0, 0.1) is 0 Å². The molecule has 0 N–H and O–H groups in total. The van der Waals surface area contributed by atoms with Crippen LogP contribution in [0.3, 0.4) is 0 Å². The smallest absolute Gasteiger partial charge is 0.252 e. The van der Waals surface area contributed by atoms with Crippen LogP contribution in [-0.2, 0) is 16.2 Å². The zero-order chi connectivity index (χ0) is 86.5. The summed E-state index contributed by atoms with van der Waals surface area (Å²) in [5.74, 6) is 0. The topological polar surface area (TPSA) is 16.3 Å². The minimum Gasteiger partial charge on any atom is -0.310 e. The predicted molar refractivity (Wildman–Crippen MR) is 458 cm³/mol. The Hall–Kier alpha value is -12.4. The number of aromatic nitrogens is 2. The Morgan fingerprint density at radius 2 is 0.561 bits per heavy atom. The van der Waals surface area contributed by atoms with Gasteiger partial charge in [0.2, 0.25) is 0 Å².